The molecule has 1 aromatic carbocycles. The Morgan fingerprint density at radius 3 is 2.67 bits per heavy atom. The summed E-state index contributed by atoms with van der Waals surface area (Å²) in [5, 5.41) is 2.74. The number of ether oxygens (including phenoxy) is 1. The lowest BCUT2D eigenvalue weighted by Gasteiger charge is -2.10. The highest BCUT2D eigenvalue weighted by atomic mass is 19.1. The Kier molecular flexibility index (Phi) is 5.40. The number of hydrogen-bond donors (Lipinski definition) is 1. The van der Waals surface area contributed by atoms with E-state index in [-0.39, 0.29) is 5.69 Å². The fourth-order valence-electron chi connectivity index (χ4n) is 1.88. The molecule has 1 heterocycles. The second kappa shape index (κ2) is 7.50. The Morgan fingerprint density at radius 2 is 1.95 bits per heavy atom. The molecule has 1 aromatic heterocycles. The van der Waals surface area contributed by atoms with Gasteiger partial charge in [0.05, 0.1) is 6.61 Å². The van der Waals surface area contributed by atoms with Crippen molar-refractivity contribution < 1.29 is 13.9 Å². The van der Waals surface area contributed by atoms with Crippen molar-refractivity contribution in [3.63, 3.8) is 0 Å². The standard InChI is InChI=1S/C16H17FN2O2/c1-2-21-11-13-7-4-3-6-12(13)10-18-16(20)14-8-5-9-15(17)19-14/h3-9H,2,10-11H2,1H3,(H,18,20). The molecule has 2 rings (SSSR count). The molecule has 110 valence electrons. The SMILES string of the molecule is CCOCc1ccccc1CNC(=O)c1cccc(F)n1. The number of carbonyl (C=O) groups is 1. The van der Waals surface area contributed by atoms with Gasteiger partial charge in [-0.25, -0.2) is 4.98 Å². The summed E-state index contributed by atoms with van der Waals surface area (Å²) >= 11 is 0. The molecule has 0 atom stereocenters. The van der Waals surface area contributed by atoms with Crippen LogP contribution in [-0.2, 0) is 17.9 Å². The van der Waals surface area contributed by atoms with Gasteiger partial charge in [-0.3, -0.25) is 4.79 Å². The normalized spacial score (nSPS) is 10.4. The number of rotatable bonds is 6. The van der Waals surface area contributed by atoms with E-state index in [2.05, 4.69) is 10.3 Å². The molecule has 0 unspecified atom stereocenters. The molecule has 0 radical (unpaired) electrons. The van der Waals surface area contributed by atoms with Crippen LogP contribution in [0.3, 0.4) is 0 Å². The van der Waals surface area contributed by atoms with Crippen molar-refractivity contribution in [1.29, 1.82) is 0 Å². The lowest BCUT2D eigenvalue weighted by Crippen LogP contribution is -2.24. The molecule has 1 N–H and O–H groups in total. The first-order valence-electron chi connectivity index (χ1n) is 6.76. The lowest BCUT2D eigenvalue weighted by atomic mass is 10.1. The zero-order valence-corrected chi connectivity index (χ0v) is 11.8. The predicted octanol–water partition coefficient (Wildman–Crippen LogP) is 2.69. The largest absolute Gasteiger partial charge is 0.377 e. The van der Waals surface area contributed by atoms with E-state index in [0.29, 0.717) is 19.8 Å². The molecule has 5 heteroatoms. The molecule has 2 aromatic rings. The molecule has 1 amide bonds. The first-order valence-corrected chi connectivity index (χ1v) is 6.76. The van der Waals surface area contributed by atoms with Crippen LogP contribution in [0.1, 0.15) is 28.5 Å². The monoisotopic (exact) mass is 288 g/mol. The van der Waals surface area contributed by atoms with E-state index in [4.69, 9.17) is 4.74 Å². The Balaban J connectivity index is 2.01. The smallest absolute Gasteiger partial charge is 0.270 e. The summed E-state index contributed by atoms with van der Waals surface area (Å²) in [5.41, 5.74) is 2.06. The van der Waals surface area contributed by atoms with Crippen molar-refractivity contribution >= 4 is 5.91 Å². The maximum Gasteiger partial charge on any atom is 0.270 e. The van der Waals surface area contributed by atoms with Crippen LogP contribution in [0.4, 0.5) is 4.39 Å². The van der Waals surface area contributed by atoms with Crippen LogP contribution in [0.2, 0.25) is 0 Å². The molecule has 0 aliphatic rings. The highest BCUT2D eigenvalue weighted by molar-refractivity contribution is 5.92. The second-order valence-corrected chi connectivity index (χ2v) is 4.43. The van der Waals surface area contributed by atoms with E-state index in [1.54, 1.807) is 0 Å². The van der Waals surface area contributed by atoms with Gasteiger partial charge >= 0.3 is 0 Å². The lowest BCUT2D eigenvalue weighted by molar-refractivity contribution is 0.0943. The minimum absolute atomic E-state index is 0.0669. The van der Waals surface area contributed by atoms with Crippen LogP contribution in [0.5, 0.6) is 0 Å². The van der Waals surface area contributed by atoms with Gasteiger partial charge in [-0.15, -0.1) is 0 Å². The molecule has 0 spiro atoms. The highest BCUT2D eigenvalue weighted by Crippen LogP contribution is 2.10. The number of pyridine rings is 1. The summed E-state index contributed by atoms with van der Waals surface area (Å²) in [5.74, 6) is -1.07. The highest BCUT2D eigenvalue weighted by Gasteiger charge is 2.09. The fourth-order valence-corrected chi connectivity index (χ4v) is 1.88. The summed E-state index contributed by atoms with van der Waals surface area (Å²) < 4.78 is 18.4. The number of amides is 1. The third-order valence-electron chi connectivity index (χ3n) is 2.97. The van der Waals surface area contributed by atoms with Gasteiger partial charge in [0.25, 0.3) is 5.91 Å². The Labute approximate surface area is 123 Å². The molecule has 0 saturated heterocycles. The number of hydrogen-bond acceptors (Lipinski definition) is 3. The number of aromatic nitrogens is 1. The quantitative estimate of drug-likeness (QED) is 0.831. The molecular formula is C16H17FN2O2. The van der Waals surface area contributed by atoms with Gasteiger partial charge in [-0.05, 0) is 30.2 Å². The molecule has 0 fully saturated rings. The average molecular weight is 288 g/mol. The van der Waals surface area contributed by atoms with Gasteiger partial charge in [0.2, 0.25) is 5.95 Å². The number of nitrogens with zero attached hydrogens (tertiary/aromatic N) is 1. The molecule has 4 nitrogen and oxygen atoms in total. The Bertz CT molecular complexity index is 617. The van der Waals surface area contributed by atoms with Crippen LogP contribution >= 0.6 is 0 Å². The summed E-state index contributed by atoms with van der Waals surface area (Å²) in [6.07, 6.45) is 0. The Hall–Kier alpha value is -2.27. The number of benzene rings is 1. The van der Waals surface area contributed by atoms with E-state index < -0.39 is 11.9 Å². The summed E-state index contributed by atoms with van der Waals surface area (Å²) in [6.45, 7) is 3.41. The topological polar surface area (TPSA) is 51.2 Å². The van der Waals surface area contributed by atoms with E-state index in [0.717, 1.165) is 11.1 Å². The molecular weight excluding hydrogens is 271 g/mol. The third-order valence-corrected chi connectivity index (χ3v) is 2.97. The predicted molar refractivity (Wildman–Crippen MR) is 77.1 cm³/mol. The molecule has 0 bridgehead atoms. The van der Waals surface area contributed by atoms with Gasteiger partial charge < -0.3 is 10.1 Å². The van der Waals surface area contributed by atoms with E-state index in [1.165, 1.54) is 18.2 Å². The van der Waals surface area contributed by atoms with E-state index >= 15 is 0 Å². The maximum atomic E-state index is 13.0. The van der Waals surface area contributed by atoms with Crippen LogP contribution in [-0.4, -0.2) is 17.5 Å². The van der Waals surface area contributed by atoms with Crippen molar-refractivity contribution in [1.82, 2.24) is 10.3 Å². The van der Waals surface area contributed by atoms with Gasteiger partial charge in [-0.2, -0.15) is 4.39 Å². The third kappa shape index (κ3) is 4.36. The van der Waals surface area contributed by atoms with Gasteiger partial charge in [0, 0.05) is 13.2 Å². The van der Waals surface area contributed by atoms with Crippen molar-refractivity contribution in [2.24, 2.45) is 0 Å². The number of carbonyl (C=O) groups excluding carboxylic acids is 1. The minimum Gasteiger partial charge on any atom is -0.377 e. The maximum absolute atomic E-state index is 13.0. The zero-order chi connectivity index (χ0) is 15.1. The second-order valence-electron chi connectivity index (χ2n) is 4.43. The molecule has 21 heavy (non-hydrogen) atoms. The van der Waals surface area contributed by atoms with Gasteiger partial charge in [0.1, 0.15) is 5.69 Å². The number of halogens is 1. The van der Waals surface area contributed by atoms with Crippen LogP contribution < -0.4 is 5.32 Å². The summed E-state index contributed by atoms with van der Waals surface area (Å²) in [4.78, 5) is 15.5. The van der Waals surface area contributed by atoms with Crippen LogP contribution in [0, 0.1) is 5.95 Å². The van der Waals surface area contributed by atoms with Crippen molar-refractivity contribution in [3.8, 4) is 0 Å². The first kappa shape index (κ1) is 15.1. The molecule has 0 aliphatic heterocycles. The van der Waals surface area contributed by atoms with Gasteiger partial charge in [0.15, 0.2) is 0 Å². The molecule has 0 aliphatic carbocycles. The first-order chi connectivity index (χ1) is 10.2. The van der Waals surface area contributed by atoms with Crippen LogP contribution in [0.15, 0.2) is 42.5 Å². The van der Waals surface area contributed by atoms with E-state index in [9.17, 15) is 9.18 Å². The molecule has 0 saturated carbocycles. The van der Waals surface area contributed by atoms with Crippen molar-refractivity contribution in [2.45, 2.75) is 20.1 Å². The minimum atomic E-state index is -0.667. The van der Waals surface area contributed by atoms with Crippen LogP contribution in [0.25, 0.3) is 0 Å². The fraction of sp³-hybridized carbons (Fsp3) is 0.250. The average Bonchev–Trinajstić information content (AvgIpc) is 2.51. The van der Waals surface area contributed by atoms with Gasteiger partial charge in [-0.1, -0.05) is 30.3 Å². The summed E-state index contributed by atoms with van der Waals surface area (Å²) in [6, 6.07) is 11.8. The summed E-state index contributed by atoms with van der Waals surface area (Å²) in [7, 11) is 0. The number of nitrogens with one attached hydrogen (secondary N) is 1. The van der Waals surface area contributed by atoms with E-state index in [1.807, 2.05) is 31.2 Å². The van der Waals surface area contributed by atoms with Crippen molar-refractivity contribution in [2.75, 3.05) is 6.61 Å². The van der Waals surface area contributed by atoms with Crippen molar-refractivity contribution in [3.05, 3.63) is 65.2 Å². The Morgan fingerprint density at radius 1 is 1.19 bits per heavy atom. The zero-order valence-electron chi connectivity index (χ0n) is 11.8.